The number of nitrogens with zero attached hydrogens (tertiary/aromatic N) is 2. The van der Waals surface area contributed by atoms with Crippen LogP contribution in [0, 0.1) is 0 Å². The molecule has 6 heteroatoms. The monoisotopic (exact) mass is 435 g/mol. The largest absolute Gasteiger partial charge is 0.497 e. The lowest BCUT2D eigenvalue weighted by Gasteiger charge is -2.34. The lowest BCUT2D eigenvalue weighted by molar-refractivity contribution is -0.123. The number of hydrogen-bond donors (Lipinski definition) is 1. The minimum atomic E-state index is -0.181. The second-order valence-electron chi connectivity index (χ2n) is 7.82. The van der Waals surface area contributed by atoms with E-state index < -0.39 is 0 Å². The number of nitrogens with one attached hydrogen (secondary N) is 1. The lowest BCUT2D eigenvalue weighted by Crippen LogP contribution is -2.49. The fraction of sp³-hybridized carbons (Fsp3) is 0.320. The maximum atomic E-state index is 12.9. The summed E-state index contributed by atoms with van der Waals surface area (Å²) in [5.41, 5.74) is 2.11. The Kier molecular flexibility index (Phi) is 7.35. The molecule has 1 atom stereocenters. The Hall–Kier alpha value is -2.67. The molecule has 1 aliphatic heterocycles. The van der Waals surface area contributed by atoms with Crippen LogP contribution in [0.1, 0.15) is 22.0 Å². The van der Waals surface area contributed by atoms with Crippen molar-refractivity contribution in [1.29, 1.82) is 0 Å². The van der Waals surface area contributed by atoms with Gasteiger partial charge in [-0.05, 0) is 34.7 Å². The van der Waals surface area contributed by atoms with Gasteiger partial charge < -0.3 is 10.1 Å². The van der Waals surface area contributed by atoms with Crippen LogP contribution in [0.15, 0.2) is 72.1 Å². The van der Waals surface area contributed by atoms with Crippen molar-refractivity contribution in [1.82, 2.24) is 15.1 Å². The smallest absolute Gasteiger partial charge is 0.234 e. The number of carbonyl (C=O) groups excluding carboxylic acids is 1. The van der Waals surface area contributed by atoms with E-state index in [2.05, 4.69) is 44.8 Å². The van der Waals surface area contributed by atoms with Crippen LogP contribution < -0.4 is 10.1 Å². The van der Waals surface area contributed by atoms with Crippen molar-refractivity contribution in [3.05, 3.63) is 88.1 Å². The average Bonchev–Trinajstić information content (AvgIpc) is 3.33. The number of amides is 1. The quantitative estimate of drug-likeness (QED) is 0.585. The molecule has 0 radical (unpaired) electrons. The van der Waals surface area contributed by atoms with Gasteiger partial charge in [-0.3, -0.25) is 14.6 Å². The molecule has 162 valence electrons. The Labute approximate surface area is 188 Å². The predicted molar refractivity (Wildman–Crippen MR) is 125 cm³/mol. The average molecular weight is 436 g/mol. The number of piperazine rings is 1. The van der Waals surface area contributed by atoms with Crippen LogP contribution >= 0.6 is 11.3 Å². The summed E-state index contributed by atoms with van der Waals surface area (Å²) in [6, 6.07) is 22.1. The van der Waals surface area contributed by atoms with Crippen molar-refractivity contribution < 1.29 is 9.53 Å². The molecule has 1 fully saturated rings. The Morgan fingerprint density at radius 3 is 2.26 bits per heavy atom. The van der Waals surface area contributed by atoms with E-state index in [-0.39, 0.29) is 11.9 Å². The summed E-state index contributed by atoms with van der Waals surface area (Å²) in [6.45, 7) is 5.24. The van der Waals surface area contributed by atoms with Crippen LogP contribution in [0.4, 0.5) is 0 Å². The Morgan fingerprint density at radius 2 is 1.61 bits per heavy atom. The summed E-state index contributed by atoms with van der Waals surface area (Å²) in [5.74, 6) is 0.860. The molecule has 4 rings (SSSR count). The van der Waals surface area contributed by atoms with Gasteiger partial charge in [0.15, 0.2) is 0 Å². The van der Waals surface area contributed by atoms with Crippen molar-refractivity contribution in [2.24, 2.45) is 0 Å². The molecule has 2 aromatic carbocycles. The molecular weight excluding hydrogens is 406 g/mol. The molecule has 3 aromatic rings. The molecule has 1 aliphatic rings. The van der Waals surface area contributed by atoms with E-state index in [0.717, 1.165) is 49.6 Å². The summed E-state index contributed by atoms with van der Waals surface area (Å²) < 4.78 is 5.28. The minimum Gasteiger partial charge on any atom is -0.497 e. The van der Waals surface area contributed by atoms with Gasteiger partial charge in [-0.15, -0.1) is 11.3 Å². The van der Waals surface area contributed by atoms with Crippen LogP contribution in [-0.2, 0) is 11.3 Å². The van der Waals surface area contributed by atoms with Crippen LogP contribution in [0.2, 0.25) is 0 Å². The van der Waals surface area contributed by atoms with E-state index in [1.807, 2.05) is 42.5 Å². The minimum absolute atomic E-state index is 0.0522. The summed E-state index contributed by atoms with van der Waals surface area (Å²) in [6.07, 6.45) is 0. The van der Waals surface area contributed by atoms with Gasteiger partial charge in [-0.1, -0.05) is 48.5 Å². The topological polar surface area (TPSA) is 44.8 Å². The van der Waals surface area contributed by atoms with Crippen LogP contribution in [-0.4, -0.2) is 55.5 Å². The number of hydrogen-bond acceptors (Lipinski definition) is 5. The maximum absolute atomic E-state index is 12.9. The highest BCUT2D eigenvalue weighted by Crippen LogP contribution is 2.24. The van der Waals surface area contributed by atoms with Crippen molar-refractivity contribution in [2.45, 2.75) is 12.6 Å². The van der Waals surface area contributed by atoms with E-state index in [4.69, 9.17) is 4.74 Å². The lowest BCUT2D eigenvalue weighted by atomic mass is 9.98. The third-order valence-corrected chi connectivity index (χ3v) is 6.54. The molecule has 0 aliphatic carbocycles. The summed E-state index contributed by atoms with van der Waals surface area (Å²) in [7, 11) is 1.66. The molecule has 5 nitrogen and oxygen atoms in total. The zero-order chi connectivity index (χ0) is 21.5. The van der Waals surface area contributed by atoms with E-state index in [9.17, 15) is 4.79 Å². The molecule has 0 spiro atoms. The summed E-state index contributed by atoms with van der Waals surface area (Å²) in [5, 5.41) is 5.38. The number of thiophene rings is 1. The molecule has 0 bridgehead atoms. The van der Waals surface area contributed by atoms with Gasteiger partial charge in [0.25, 0.3) is 0 Å². The number of carbonyl (C=O) groups is 1. The number of benzene rings is 2. The first kappa shape index (κ1) is 21.6. The van der Waals surface area contributed by atoms with Crippen molar-refractivity contribution in [2.75, 3.05) is 39.8 Å². The van der Waals surface area contributed by atoms with Crippen molar-refractivity contribution >= 4 is 17.2 Å². The predicted octanol–water partition coefficient (Wildman–Crippen LogP) is 3.78. The highest BCUT2D eigenvalue weighted by molar-refractivity contribution is 7.09. The van der Waals surface area contributed by atoms with E-state index in [1.54, 1.807) is 18.4 Å². The molecule has 1 unspecified atom stereocenters. The summed E-state index contributed by atoms with van der Waals surface area (Å²) >= 11 is 1.81. The third-order valence-electron chi connectivity index (χ3n) is 5.68. The van der Waals surface area contributed by atoms with E-state index in [0.29, 0.717) is 6.54 Å². The van der Waals surface area contributed by atoms with E-state index in [1.165, 1.54) is 4.88 Å². The van der Waals surface area contributed by atoms with Gasteiger partial charge in [0.1, 0.15) is 5.75 Å². The van der Waals surface area contributed by atoms with Gasteiger partial charge in [0, 0.05) is 37.6 Å². The Morgan fingerprint density at radius 1 is 0.935 bits per heavy atom. The molecule has 1 saturated heterocycles. The van der Waals surface area contributed by atoms with Gasteiger partial charge in [0.2, 0.25) is 5.91 Å². The molecule has 1 aromatic heterocycles. The molecule has 0 saturated carbocycles. The van der Waals surface area contributed by atoms with Crippen LogP contribution in [0.5, 0.6) is 5.75 Å². The Bertz CT molecular complexity index is 937. The fourth-order valence-electron chi connectivity index (χ4n) is 3.94. The summed E-state index contributed by atoms with van der Waals surface area (Å²) in [4.78, 5) is 19.0. The maximum Gasteiger partial charge on any atom is 0.234 e. The number of rotatable bonds is 8. The fourth-order valence-corrected chi connectivity index (χ4v) is 4.69. The first-order chi connectivity index (χ1) is 15.2. The van der Waals surface area contributed by atoms with Gasteiger partial charge in [-0.25, -0.2) is 0 Å². The van der Waals surface area contributed by atoms with Crippen LogP contribution in [0.25, 0.3) is 0 Å². The zero-order valence-electron chi connectivity index (χ0n) is 17.9. The van der Waals surface area contributed by atoms with E-state index >= 15 is 0 Å². The molecule has 31 heavy (non-hydrogen) atoms. The third kappa shape index (κ3) is 5.94. The van der Waals surface area contributed by atoms with Gasteiger partial charge in [0.05, 0.1) is 19.7 Å². The molecular formula is C25H29N3O2S. The molecule has 1 N–H and O–H groups in total. The highest BCUT2D eigenvalue weighted by atomic mass is 32.1. The normalized spacial score (nSPS) is 16.0. The molecule has 2 heterocycles. The molecule has 1 amide bonds. The second-order valence-corrected chi connectivity index (χ2v) is 8.85. The van der Waals surface area contributed by atoms with Crippen molar-refractivity contribution in [3.63, 3.8) is 0 Å². The first-order valence-electron chi connectivity index (χ1n) is 10.7. The van der Waals surface area contributed by atoms with Gasteiger partial charge >= 0.3 is 0 Å². The van der Waals surface area contributed by atoms with Gasteiger partial charge in [-0.2, -0.15) is 0 Å². The number of ether oxygens (including phenoxy) is 1. The standard InChI is InChI=1S/C25H29N3O2S/c1-30-22-11-9-21(10-12-22)25(20-6-3-2-4-7-20)26-24(29)19-28-15-13-27(14-16-28)18-23-8-5-17-31-23/h2-12,17,25H,13-16,18-19H2,1H3,(H,26,29). The van der Waals surface area contributed by atoms with Crippen molar-refractivity contribution in [3.8, 4) is 5.75 Å². The van der Waals surface area contributed by atoms with Crippen LogP contribution in [0.3, 0.4) is 0 Å². The first-order valence-corrected chi connectivity index (χ1v) is 11.5. The highest BCUT2D eigenvalue weighted by Gasteiger charge is 2.22. The number of methoxy groups -OCH3 is 1. The zero-order valence-corrected chi connectivity index (χ0v) is 18.7. The Balaban J connectivity index is 1.35. The SMILES string of the molecule is COc1ccc(C(NC(=O)CN2CCN(Cc3cccs3)CC2)c2ccccc2)cc1. The second kappa shape index (κ2) is 10.6.